The largest absolute Gasteiger partial charge is 0.368 e. The van der Waals surface area contributed by atoms with Gasteiger partial charge in [-0.2, -0.15) is 0 Å². The Hall–Kier alpha value is -2.93. The second-order valence-electron chi connectivity index (χ2n) is 8.35. The van der Waals surface area contributed by atoms with Crippen LogP contribution in [0, 0.1) is 5.41 Å². The molecule has 1 saturated heterocycles. The van der Waals surface area contributed by atoms with Crippen molar-refractivity contribution in [3.63, 3.8) is 0 Å². The summed E-state index contributed by atoms with van der Waals surface area (Å²) in [5, 5.41) is 6.04. The molecule has 0 unspecified atom stereocenters. The second-order valence-corrected chi connectivity index (χ2v) is 8.76. The molecule has 30 heavy (non-hydrogen) atoms. The van der Waals surface area contributed by atoms with E-state index in [1.807, 2.05) is 80.3 Å². The van der Waals surface area contributed by atoms with Crippen LogP contribution >= 0.6 is 12.2 Å². The topological polar surface area (TPSA) is 64.7 Å². The summed E-state index contributed by atoms with van der Waals surface area (Å²) in [4.78, 5) is 28.8. The van der Waals surface area contributed by atoms with Crippen LogP contribution in [0.5, 0.6) is 0 Å². The SMILES string of the molecule is CC(C)(C)C(=O)NC(=S)Nc1ccc(N2CCN(C(=O)c3ccccc3)CC2)cc1. The van der Waals surface area contributed by atoms with Gasteiger partial charge in [-0.1, -0.05) is 39.0 Å². The van der Waals surface area contributed by atoms with Crippen molar-refractivity contribution in [2.45, 2.75) is 20.8 Å². The second kappa shape index (κ2) is 9.26. The zero-order chi connectivity index (χ0) is 21.7. The van der Waals surface area contributed by atoms with Gasteiger partial charge in [0.1, 0.15) is 0 Å². The average Bonchev–Trinajstić information content (AvgIpc) is 2.74. The van der Waals surface area contributed by atoms with Gasteiger partial charge < -0.3 is 20.4 Å². The lowest BCUT2D eigenvalue weighted by Gasteiger charge is -2.36. The van der Waals surface area contributed by atoms with Crippen molar-refractivity contribution in [3.05, 3.63) is 60.2 Å². The molecule has 0 saturated carbocycles. The number of amides is 2. The fourth-order valence-electron chi connectivity index (χ4n) is 3.14. The molecule has 3 rings (SSSR count). The molecule has 1 aliphatic heterocycles. The van der Waals surface area contributed by atoms with Crippen LogP contribution in [0.25, 0.3) is 0 Å². The van der Waals surface area contributed by atoms with E-state index in [4.69, 9.17) is 12.2 Å². The Morgan fingerprint density at radius 2 is 1.50 bits per heavy atom. The van der Waals surface area contributed by atoms with E-state index in [-0.39, 0.29) is 16.9 Å². The number of hydrogen-bond donors (Lipinski definition) is 2. The summed E-state index contributed by atoms with van der Waals surface area (Å²) in [5.74, 6) is -0.0415. The van der Waals surface area contributed by atoms with Crippen LogP contribution in [0.3, 0.4) is 0 Å². The zero-order valence-corrected chi connectivity index (χ0v) is 18.5. The fraction of sp³-hybridized carbons (Fsp3) is 0.348. The van der Waals surface area contributed by atoms with Crippen molar-refractivity contribution in [3.8, 4) is 0 Å². The molecule has 1 aliphatic rings. The van der Waals surface area contributed by atoms with E-state index in [1.54, 1.807) is 0 Å². The van der Waals surface area contributed by atoms with Crippen LogP contribution in [0.1, 0.15) is 31.1 Å². The van der Waals surface area contributed by atoms with Crippen LogP contribution in [-0.2, 0) is 4.79 Å². The predicted molar refractivity (Wildman–Crippen MR) is 125 cm³/mol. The summed E-state index contributed by atoms with van der Waals surface area (Å²) >= 11 is 5.23. The summed E-state index contributed by atoms with van der Waals surface area (Å²) < 4.78 is 0. The third-order valence-electron chi connectivity index (χ3n) is 4.99. The first-order chi connectivity index (χ1) is 14.2. The third kappa shape index (κ3) is 5.57. The van der Waals surface area contributed by atoms with Crippen LogP contribution < -0.4 is 15.5 Å². The number of benzene rings is 2. The van der Waals surface area contributed by atoms with Crippen molar-refractivity contribution < 1.29 is 9.59 Å². The maximum Gasteiger partial charge on any atom is 0.253 e. The van der Waals surface area contributed by atoms with Gasteiger partial charge >= 0.3 is 0 Å². The van der Waals surface area contributed by atoms with Gasteiger partial charge in [0.05, 0.1) is 0 Å². The summed E-state index contributed by atoms with van der Waals surface area (Å²) in [5.41, 5.74) is 2.14. The molecule has 1 fully saturated rings. The van der Waals surface area contributed by atoms with Crippen molar-refractivity contribution in [2.75, 3.05) is 36.4 Å². The maximum atomic E-state index is 12.6. The molecule has 6 nitrogen and oxygen atoms in total. The summed E-state index contributed by atoms with van der Waals surface area (Å²) in [7, 11) is 0. The lowest BCUT2D eigenvalue weighted by atomic mass is 9.96. The van der Waals surface area contributed by atoms with Crippen LogP contribution in [-0.4, -0.2) is 48.0 Å². The molecule has 0 aliphatic carbocycles. The van der Waals surface area contributed by atoms with Gasteiger partial charge in [-0.3, -0.25) is 9.59 Å². The van der Waals surface area contributed by atoms with Gasteiger partial charge in [0.15, 0.2) is 5.11 Å². The van der Waals surface area contributed by atoms with Gasteiger partial charge in [-0.15, -0.1) is 0 Å². The highest BCUT2D eigenvalue weighted by molar-refractivity contribution is 7.80. The average molecular weight is 425 g/mol. The van der Waals surface area contributed by atoms with E-state index >= 15 is 0 Å². The van der Waals surface area contributed by atoms with E-state index in [0.29, 0.717) is 13.1 Å². The van der Waals surface area contributed by atoms with Crippen LogP contribution in [0.15, 0.2) is 54.6 Å². The monoisotopic (exact) mass is 424 g/mol. The van der Waals surface area contributed by atoms with Crippen molar-refractivity contribution in [2.24, 2.45) is 5.41 Å². The van der Waals surface area contributed by atoms with E-state index in [9.17, 15) is 9.59 Å². The Morgan fingerprint density at radius 1 is 0.900 bits per heavy atom. The van der Waals surface area contributed by atoms with E-state index < -0.39 is 5.41 Å². The molecule has 2 amide bonds. The number of piperazine rings is 1. The van der Waals surface area contributed by atoms with Gasteiger partial charge in [0.2, 0.25) is 5.91 Å². The first-order valence-electron chi connectivity index (χ1n) is 10.1. The van der Waals surface area contributed by atoms with Gasteiger partial charge in [0.25, 0.3) is 5.91 Å². The van der Waals surface area contributed by atoms with Crippen molar-refractivity contribution in [1.82, 2.24) is 10.2 Å². The summed E-state index contributed by atoms with van der Waals surface area (Å²) in [6.45, 7) is 8.47. The number of hydrogen-bond acceptors (Lipinski definition) is 4. The molecule has 0 spiro atoms. The Bertz CT molecular complexity index is 899. The molecular weight excluding hydrogens is 396 g/mol. The quantitative estimate of drug-likeness (QED) is 0.739. The van der Waals surface area contributed by atoms with Crippen LogP contribution in [0.4, 0.5) is 11.4 Å². The zero-order valence-electron chi connectivity index (χ0n) is 17.6. The molecule has 0 atom stereocenters. The lowest BCUT2D eigenvalue weighted by molar-refractivity contribution is -0.126. The molecular formula is C23H28N4O2S. The number of anilines is 2. The highest BCUT2D eigenvalue weighted by atomic mass is 32.1. The number of nitrogens with zero attached hydrogens (tertiary/aromatic N) is 2. The minimum absolute atomic E-state index is 0.0839. The number of carbonyl (C=O) groups is 2. The summed E-state index contributed by atoms with van der Waals surface area (Å²) in [6.07, 6.45) is 0. The molecule has 0 bridgehead atoms. The molecule has 2 aromatic rings. The molecule has 158 valence electrons. The first-order valence-corrected chi connectivity index (χ1v) is 10.5. The Balaban J connectivity index is 1.52. The lowest BCUT2D eigenvalue weighted by Crippen LogP contribution is -2.48. The first kappa shape index (κ1) is 21.8. The van der Waals surface area contributed by atoms with Crippen molar-refractivity contribution >= 4 is 40.5 Å². The Labute approximate surface area is 183 Å². The highest BCUT2D eigenvalue weighted by Crippen LogP contribution is 2.20. The Kier molecular flexibility index (Phi) is 6.72. The number of rotatable bonds is 3. The molecule has 1 heterocycles. The number of thiocarbonyl (C=S) groups is 1. The fourth-order valence-corrected chi connectivity index (χ4v) is 3.35. The Morgan fingerprint density at radius 3 is 2.07 bits per heavy atom. The van der Waals surface area contributed by atoms with E-state index in [0.717, 1.165) is 30.0 Å². The molecule has 2 aromatic carbocycles. The highest BCUT2D eigenvalue weighted by Gasteiger charge is 2.23. The van der Waals surface area contributed by atoms with E-state index in [1.165, 1.54) is 0 Å². The molecule has 0 aromatic heterocycles. The van der Waals surface area contributed by atoms with Crippen molar-refractivity contribution in [1.29, 1.82) is 0 Å². The predicted octanol–water partition coefficient (Wildman–Crippen LogP) is 3.51. The van der Waals surface area contributed by atoms with Crippen LogP contribution in [0.2, 0.25) is 0 Å². The number of nitrogens with one attached hydrogen (secondary N) is 2. The smallest absolute Gasteiger partial charge is 0.253 e. The molecule has 2 N–H and O–H groups in total. The van der Waals surface area contributed by atoms with E-state index in [2.05, 4.69) is 15.5 Å². The number of carbonyl (C=O) groups excluding carboxylic acids is 2. The minimum atomic E-state index is -0.500. The third-order valence-corrected chi connectivity index (χ3v) is 5.19. The van der Waals surface area contributed by atoms with Gasteiger partial charge in [0, 0.05) is 48.5 Å². The van der Waals surface area contributed by atoms with Gasteiger partial charge in [-0.25, -0.2) is 0 Å². The summed E-state index contributed by atoms with van der Waals surface area (Å²) in [6, 6.07) is 17.3. The minimum Gasteiger partial charge on any atom is -0.368 e. The standard InChI is InChI=1S/C23H28N4O2S/c1-23(2,3)21(29)25-22(30)24-18-9-11-19(12-10-18)26-13-15-27(16-14-26)20(28)17-7-5-4-6-8-17/h4-12H,13-16H2,1-3H3,(H2,24,25,29,30). The normalized spacial score (nSPS) is 14.2. The molecule has 7 heteroatoms. The maximum absolute atomic E-state index is 12.6. The molecule has 0 radical (unpaired) electrons. The van der Waals surface area contributed by atoms with Gasteiger partial charge in [-0.05, 0) is 48.6 Å².